The van der Waals surface area contributed by atoms with Gasteiger partial charge < -0.3 is 10.2 Å². The van der Waals surface area contributed by atoms with E-state index in [0.29, 0.717) is 11.2 Å². The SMILES string of the molecule is CN(Cc1ccc(Br)cc1)C(CN)c1cc(Br)c(Br)o1. The van der Waals surface area contributed by atoms with Crippen LogP contribution in [0.25, 0.3) is 0 Å². The standard InChI is InChI=1S/C14H15Br3N2O/c1-19(8-9-2-4-10(15)5-3-9)12(7-18)13-6-11(16)14(17)20-13/h2-6,12H,7-8,18H2,1H3. The summed E-state index contributed by atoms with van der Waals surface area (Å²) in [6.45, 7) is 1.31. The highest BCUT2D eigenvalue weighted by Crippen LogP contribution is 2.32. The van der Waals surface area contributed by atoms with Gasteiger partial charge in [-0.25, -0.2) is 0 Å². The van der Waals surface area contributed by atoms with Crippen molar-refractivity contribution in [1.29, 1.82) is 0 Å². The molecule has 0 saturated carbocycles. The van der Waals surface area contributed by atoms with E-state index in [2.05, 4.69) is 64.8 Å². The monoisotopic (exact) mass is 464 g/mol. The summed E-state index contributed by atoms with van der Waals surface area (Å²) in [6.07, 6.45) is 0. The zero-order valence-corrected chi connectivity index (χ0v) is 15.7. The lowest BCUT2D eigenvalue weighted by atomic mass is 10.1. The molecular formula is C14H15Br3N2O. The number of hydrogen-bond acceptors (Lipinski definition) is 3. The molecule has 1 unspecified atom stereocenters. The van der Waals surface area contributed by atoms with Crippen LogP contribution in [0.2, 0.25) is 0 Å². The van der Waals surface area contributed by atoms with E-state index in [4.69, 9.17) is 10.2 Å². The van der Waals surface area contributed by atoms with Gasteiger partial charge in [0.2, 0.25) is 0 Å². The van der Waals surface area contributed by atoms with Crippen LogP contribution in [-0.4, -0.2) is 18.5 Å². The van der Waals surface area contributed by atoms with Crippen molar-refractivity contribution in [2.24, 2.45) is 5.73 Å². The van der Waals surface area contributed by atoms with E-state index in [1.807, 2.05) is 25.2 Å². The van der Waals surface area contributed by atoms with Crippen LogP contribution >= 0.6 is 47.8 Å². The number of likely N-dealkylation sites (N-methyl/N-ethyl adjacent to an activating group) is 1. The van der Waals surface area contributed by atoms with Crippen molar-refractivity contribution in [3.63, 3.8) is 0 Å². The molecule has 1 aromatic heterocycles. The number of benzene rings is 1. The van der Waals surface area contributed by atoms with Gasteiger partial charge in [0.1, 0.15) is 5.76 Å². The van der Waals surface area contributed by atoms with Crippen molar-refractivity contribution in [2.45, 2.75) is 12.6 Å². The third-order valence-electron chi connectivity index (χ3n) is 3.09. The Morgan fingerprint density at radius 1 is 1.20 bits per heavy atom. The van der Waals surface area contributed by atoms with E-state index in [-0.39, 0.29) is 6.04 Å². The molecule has 0 fully saturated rings. The zero-order chi connectivity index (χ0) is 14.7. The second-order valence-electron chi connectivity index (χ2n) is 4.56. The second-order valence-corrected chi connectivity index (χ2v) is 7.05. The van der Waals surface area contributed by atoms with Crippen LogP contribution in [-0.2, 0) is 6.54 Å². The maximum atomic E-state index is 5.90. The Hall–Kier alpha value is -0.140. The van der Waals surface area contributed by atoms with Gasteiger partial charge in [-0.05, 0) is 62.7 Å². The first-order chi connectivity index (χ1) is 9.51. The van der Waals surface area contributed by atoms with Gasteiger partial charge in [-0.3, -0.25) is 4.90 Å². The molecule has 2 aromatic rings. The number of halogens is 3. The molecule has 6 heteroatoms. The molecule has 0 radical (unpaired) electrons. The molecule has 0 saturated heterocycles. The largest absolute Gasteiger partial charge is 0.451 e. The molecule has 0 bridgehead atoms. The predicted molar refractivity (Wildman–Crippen MR) is 91.5 cm³/mol. The molecule has 1 atom stereocenters. The first-order valence-corrected chi connectivity index (χ1v) is 8.48. The van der Waals surface area contributed by atoms with E-state index < -0.39 is 0 Å². The lowest BCUT2D eigenvalue weighted by Gasteiger charge is -2.25. The van der Waals surface area contributed by atoms with Crippen LogP contribution < -0.4 is 5.73 Å². The first-order valence-electron chi connectivity index (χ1n) is 6.10. The summed E-state index contributed by atoms with van der Waals surface area (Å²) in [5, 5.41) is 0. The smallest absolute Gasteiger partial charge is 0.183 e. The van der Waals surface area contributed by atoms with Crippen molar-refractivity contribution >= 4 is 47.8 Å². The number of nitrogens with two attached hydrogens (primary N) is 1. The maximum Gasteiger partial charge on any atom is 0.183 e. The van der Waals surface area contributed by atoms with E-state index in [1.54, 1.807) is 0 Å². The Kier molecular flexibility index (Phi) is 5.86. The van der Waals surface area contributed by atoms with E-state index in [1.165, 1.54) is 5.56 Å². The van der Waals surface area contributed by atoms with Crippen molar-refractivity contribution in [3.8, 4) is 0 Å². The molecule has 20 heavy (non-hydrogen) atoms. The van der Waals surface area contributed by atoms with Crippen LogP contribution in [0.5, 0.6) is 0 Å². The molecule has 2 rings (SSSR count). The summed E-state index contributed by atoms with van der Waals surface area (Å²) in [6, 6.07) is 10.3. The Bertz CT molecular complexity index is 549. The van der Waals surface area contributed by atoms with Gasteiger partial charge in [0.25, 0.3) is 0 Å². The average Bonchev–Trinajstić information content (AvgIpc) is 2.73. The van der Waals surface area contributed by atoms with E-state index in [0.717, 1.165) is 21.3 Å². The molecule has 0 spiro atoms. The van der Waals surface area contributed by atoms with E-state index in [9.17, 15) is 0 Å². The summed E-state index contributed by atoms with van der Waals surface area (Å²) in [4.78, 5) is 2.18. The maximum absolute atomic E-state index is 5.90. The van der Waals surface area contributed by atoms with Crippen LogP contribution in [0.1, 0.15) is 17.4 Å². The van der Waals surface area contributed by atoms with Crippen LogP contribution in [0.15, 0.2) is 48.4 Å². The Morgan fingerprint density at radius 2 is 1.85 bits per heavy atom. The predicted octanol–water partition coefficient (Wildman–Crippen LogP) is 4.70. The molecular weight excluding hydrogens is 452 g/mol. The highest BCUT2D eigenvalue weighted by Gasteiger charge is 2.20. The topological polar surface area (TPSA) is 42.4 Å². The van der Waals surface area contributed by atoms with Gasteiger partial charge in [0, 0.05) is 17.6 Å². The first kappa shape index (κ1) is 16.2. The summed E-state index contributed by atoms with van der Waals surface area (Å²) < 4.78 is 8.37. The highest BCUT2D eigenvalue weighted by molar-refractivity contribution is 9.13. The van der Waals surface area contributed by atoms with Gasteiger partial charge in [0.15, 0.2) is 4.67 Å². The lowest BCUT2D eigenvalue weighted by molar-refractivity contribution is 0.211. The Morgan fingerprint density at radius 3 is 2.35 bits per heavy atom. The molecule has 2 N–H and O–H groups in total. The van der Waals surface area contributed by atoms with Gasteiger partial charge >= 0.3 is 0 Å². The highest BCUT2D eigenvalue weighted by atomic mass is 79.9. The van der Waals surface area contributed by atoms with Gasteiger partial charge in [0.05, 0.1) is 10.5 Å². The number of nitrogens with zero attached hydrogens (tertiary/aromatic N) is 1. The van der Waals surface area contributed by atoms with Gasteiger partial charge in [-0.15, -0.1) is 0 Å². The summed E-state index contributed by atoms with van der Waals surface area (Å²) in [5.41, 5.74) is 7.14. The fourth-order valence-electron chi connectivity index (χ4n) is 2.03. The lowest BCUT2D eigenvalue weighted by Crippen LogP contribution is -2.29. The molecule has 0 aliphatic heterocycles. The number of furan rings is 1. The quantitative estimate of drug-likeness (QED) is 0.694. The second kappa shape index (κ2) is 7.22. The zero-order valence-electron chi connectivity index (χ0n) is 10.9. The Balaban J connectivity index is 2.12. The Labute approximate surface area is 143 Å². The van der Waals surface area contributed by atoms with Crippen LogP contribution in [0.4, 0.5) is 0 Å². The molecule has 1 aromatic carbocycles. The number of rotatable bonds is 5. The van der Waals surface area contributed by atoms with Gasteiger partial charge in [-0.2, -0.15) is 0 Å². The summed E-state index contributed by atoms with van der Waals surface area (Å²) in [7, 11) is 2.05. The molecule has 0 aliphatic carbocycles. The van der Waals surface area contributed by atoms with Crippen molar-refractivity contribution < 1.29 is 4.42 Å². The molecule has 0 aliphatic rings. The minimum absolute atomic E-state index is 0.0428. The normalized spacial score (nSPS) is 12.9. The van der Waals surface area contributed by atoms with Crippen molar-refractivity contribution in [3.05, 3.63) is 55.3 Å². The fourth-order valence-corrected chi connectivity index (χ4v) is 2.90. The average molecular weight is 467 g/mol. The summed E-state index contributed by atoms with van der Waals surface area (Å²) >= 11 is 10.2. The third-order valence-corrected chi connectivity index (χ3v) is 5.33. The number of hydrogen-bond donors (Lipinski definition) is 1. The molecule has 108 valence electrons. The van der Waals surface area contributed by atoms with Crippen molar-refractivity contribution in [1.82, 2.24) is 4.90 Å². The van der Waals surface area contributed by atoms with Crippen LogP contribution in [0.3, 0.4) is 0 Å². The van der Waals surface area contributed by atoms with Crippen molar-refractivity contribution in [2.75, 3.05) is 13.6 Å². The fraction of sp³-hybridized carbons (Fsp3) is 0.286. The van der Waals surface area contributed by atoms with E-state index >= 15 is 0 Å². The third kappa shape index (κ3) is 3.95. The van der Waals surface area contributed by atoms with Gasteiger partial charge in [-0.1, -0.05) is 28.1 Å². The summed E-state index contributed by atoms with van der Waals surface area (Å²) in [5.74, 6) is 0.853. The minimum atomic E-state index is 0.0428. The molecule has 1 heterocycles. The minimum Gasteiger partial charge on any atom is -0.451 e. The molecule has 3 nitrogen and oxygen atoms in total. The van der Waals surface area contributed by atoms with Crippen LogP contribution in [0, 0.1) is 0 Å². The molecule has 0 amide bonds.